The van der Waals surface area contributed by atoms with Gasteiger partial charge in [0.05, 0.1) is 5.60 Å². The summed E-state index contributed by atoms with van der Waals surface area (Å²) in [6.45, 7) is 3.25. The Morgan fingerprint density at radius 1 is 1.45 bits per heavy atom. The van der Waals surface area contributed by atoms with Crippen molar-refractivity contribution in [1.82, 2.24) is 5.32 Å². The lowest BCUT2D eigenvalue weighted by Gasteiger charge is -2.47. The van der Waals surface area contributed by atoms with Crippen LogP contribution < -0.4 is 5.32 Å². The molecule has 0 amide bonds. The molecule has 1 saturated heterocycles. The van der Waals surface area contributed by atoms with Gasteiger partial charge in [0.25, 0.3) is 0 Å². The van der Waals surface area contributed by atoms with Gasteiger partial charge in [-0.3, -0.25) is 0 Å². The first kappa shape index (κ1) is 7.56. The van der Waals surface area contributed by atoms with E-state index >= 15 is 0 Å². The smallest absolute Gasteiger partial charge is 0.0825 e. The van der Waals surface area contributed by atoms with Crippen LogP contribution in [0, 0.1) is 5.92 Å². The third-order valence-corrected chi connectivity index (χ3v) is 3.49. The van der Waals surface area contributed by atoms with Crippen molar-refractivity contribution < 1.29 is 5.11 Å². The molecule has 2 aliphatic rings. The summed E-state index contributed by atoms with van der Waals surface area (Å²) in [4.78, 5) is 0. The molecule has 0 aromatic carbocycles. The molecule has 1 aliphatic heterocycles. The fourth-order valence-corrected chi connectivity index (χ4v) is 2.36. The van der Waals surface area contributed by atoms with Gasteiger partial charge in [0.2, 0.25) is 0 Å². The largest absolute Gasteiger partial charge is 0.388 e. The zero-order chi connectivity index (χ0) is 7.90. The highest BCUT2D eigenvalue weighted by molar-refractivity contribution is 5.04. The minimum Gasteiger partial charge on any atom is -0.388 e. The standard InChI is InChI=1S/C9H17NO/c1-7-4-5-9(7,11)8-3-2-6-10-8/h7-8,10-11H,2-6H2,1H3. The number of aliphatic hydroxyl groups is 1. The molecule has 0 aromatic heterocycles. The summed E-state index contributed by atoms with van der Waals surface area (Å²) in [5.41, 5.74) is -0.351. The van der Waals surface area contributed by atoms with E-state index in [9.17, 15) is 5.11 Å². The van der Waals surface area contributed by atoms with Crippen LogP contribution in [0.1, 0.15) is 32.6 Å². The van der Waals surface area contributed by atoms with Gasteiger partial charge in [-0.25, -0.2) is 0 Å². The molecule has 3 atom stereocenters. The van der Waals surface area contributed by atoms with E-state index in [1.807, 2.05) is 0 Å². The second kappa shape index (κ2) is 2.46. The topological polar surface area (TPSA) is 32.3 Å². The first-order chi connectivity index (χ1) is 5.23. The molecule has 0 radical (unpaired) electrons. The third kappa shape index (κ3) is 1.00. The summed E-state index contributed by atoms with van der Waals surface area (Å²) >= 11 is 0. The lowest BCUT2D eigenvalue weighted by Crippen LogP contribution is -2.58. The molecule has 0 spiro atoms. The van der Waals surface area contributed by atoms with Gasteiger partial charge in [-0.05, 0) is 38.1 Å². The maximum Gasteiger partial charge on any atom is 0.0825 e. The van der Waals surface area contributed by atoms with Crippen molar-refractivity contribution in [2.45, 2.75) is 44.2 Å². The molecule has 0 bridgehead atoms. The van der Waals surface area contributed by atoms with E-state index in [2.05, 4.69) is 12.2 Å². The zero-order valence-corrected chi connectivity index (χ0v) is 7.14. The molecule has 11 heavy (non-hydrogen) atoms. The van der Waals surface area contributed by atoms with Gasteiger partial charge in [-0.2, -0.15) is 0 Å². The summed E-state index contributed by atoms with van der Waals surface area (Å²) in [5, 5.41) is 13.5. The normalized spacial score (nSPS) is 50.7. The molecule has 64 valence electrons. The highest BCUT2D eigenvalue weighted by atomic mass is 16.3. The Balaban J connectivity index is 2.01. The maximum atomic E-state index is 10.1. The number of nitrogens with one attached hydrogen (secondary N) is 1. The van der Waals surface area contributed by atoms with Crippen molar-refractivity contribution in [3.8, 4) is 0 Å². The first-order valence-corrected chi connectivity index (χ1v) is 4.69. The number of hydrogen-bond acceptors (Lipinski definition) is 2. The van der Waals surface area contributed by atoms with Crippen LogP contribution in [0.15, 0.2) is 0 Å². The van der Waals surface area contributed by atoms with Crippen molar-refractivity contribution in [3.63, 3.8) is 0 Å². The molecule has 2 rings (SSSR count). The second-order valence-corrected chi connectivity index (χ2v) is 4.08. The SMILES string of the molecule is CC1CCC1(O)C1CCCN1. The number of rotatable bonds is 1. The van der Waals surface area contributed by atoms with Crippen LogP contribution in [-0.4, -0.2) is 23.3 Å². The minimum absolute atomic E-state index is 0.351. The van der Waals surface area contributed by atoms with E-state index in [1.54, 1.807) is 0 Å². The van der Waals surface area contributed by atoms with E-state index in [0.717, 1.165) is 13.0 Å². The van der Waals surface area contributed by atoms with E-state index in [4.69, 9.17) is 0 Å². The van der Waals surface area contributed by atoms with Crippen LogP contribution in [0.5, 0.6) is 0 Å². The molecule has 3 unspecified atom stereocenters. The molecule has 2 nitrogen and oxygen atoms in total. The van der Waals surface area contributed by atoms with Gasteiger partial charge < -0.3 is 10.4 Å². The molecule has 2 N–H and O–H groups in total. The summed E-state index contributed by atoms with van der Waals surface area (Å²) in [6, 6.07) is 0.395. The van der Waals surface area contributed by atoms with Crippen LogP contribution in [0.4, 0.5) is 0 Å². The molecular formula is C9H17NO. The first-order valence-electron chi connectivity index (χ1n) is 4.69. The maximum absolute atomic E-state index is 10.1. The van der Waals surface area contributed by atoms with Crippen molar-refractivity contribution in [3.05, 3.63) is 0 Å². The summed E-state index contributed by atoms with van der Waals surface area (Å²) in [7, 11) is 0. The Hall–Kier alpha value is -0.0800. The summed E-state index contributed by atoms with van der Waals surface area (Å²) < 4.78 is 0. The molecule has 1 heterocycles. The highest BCUT2D eigenvalue weighted by Crippen LogP contribution is 2.42. The van der Waals surface area contributed by atoms with Gasteiger partial charge in [-0.15, -0.1) is 0 Å². The van der Waals surface area contributed by atoms with Gasteiger partial charge in [-0.1, -0.05) is 6.92 Å². The Morgan fingerprint density at radius 2 is 2.27 bits per heavy atom. The van der Waals surface area contributed by atoms with Crippen LogP contribution in [-0.2, 0) is 0 Å². The third-order valence-electron chi connectivity index (χ3n) is 3.49. The second-order valence-electron chi connectivity index (χ2n) is 4.08. The Kier molecular flexibility index (Phi) is 1.69. The Labute approximate surface area is 68.0 Å². The molecule has 0 aromatic rings. The molecular weight excluding hydrogens is 138 g/mol. The Bertz CT molecular complexity index is 154. The van der Waals surface area contributed by atoms with Crippen molar-refractivity contribution in [2.75, 3.05) is 6.54 Å². The van der Waals surface area contributed by atoms with E-state index < -0.39 is 0 Å². The zero-order valence-electron chi connectivity index (χ0n) is 7.14. The van der Waals surface area contributed by atoms with Gasteiger partial charge in [0, 0.05) is 6.04 Å². The van der Waals surface area contributed by atoms with Crippen LogP contribution in [0.2, 0.25) is 0 Å². The van der Waals surface area contributed by atoms with Crippen LogP contribution >= 0.6 is 0 Å². The number of hydrogen-bond donors (Lipinski definition) is 2. The average molecular weight is 155 g/mol. The van der Waals surface area contributed by atoms with E-state index in [-0.39, 0.29) is 5.60 Å². The molecule has 1 aliphatic carbocycles. The average Bonchev–Trinajstić information content (AvgIpc) is 2.52. The molecule has 2 fully saturated rings. The summed E-state index contributed by atoms with van der Waals surface area (Å²) in [5.74, 6) is 0.512. The van der Waals surface area contributed by atoms with E-state index in [1.165, 1.54) is 19.3 Å². The monoisotopic (exact) mass is 155 g/mol. The van der Waals surface area contributed by atoms with Gasteiger partial charge >= 0.3 is 0 Å². The quantitative estimate of drug-likeness (QED) is 0.589. The minimum atomic E-state index is -0.351. The predicted molar refractivity (Wildman–Crippen MR) is 44.4 cm³/mol. The van der Waals surface area contributed by atoms with Crippen molar-refractivity contribution in [2.24, 2.45) is 5.92 Å². The lowest BCUT2D eigenvalue weighted by atomic mass is 9.66. The van der Waals surface area contributed by atoms with Gasteiger partial charge in [0.15, 0.2) is 0 Å². The summed E-state index contributed by atoms with van der Waals surface area (Å²) in [6.07, 6.45) is 4.61. The van der Waals surface area contributed by atoms with Crippen LogP contribution in [0.25, 0.3) is 0 Å². The van der Waals surface area contributed by atoms with Gasteiger partial charge in [0.1, 0.15) is 0 Å². The van der Waals surface area contributed by atoms with Crippen LogP contribution in [0.3, 0.4) is 0 Å². The molecule has 2 heteroatoms. The lowest BCUT2D eigenvalue weighted by molar-refractivity contribution is -0.109. The Morgan fingerprint density at radius 3 is 2.64 bits per heavy atom. The van der Waals surface area contributed by atoms with Crippen molar-refractivity contribution in [1.29, 1.82) is 0 Å². The van der Waals surface area contributed by atoms with Crippen molar-refractivity contribution >= 4 is 0 Å². The molecule has 1 saturated carbocycles. The fraction of sp³-hybridized carbons (Fsp3) is 1.00. The highest BCUT2D eigenvalue weighted by Gasteiger charge is 2.48. The predicted octanol–water partition coefficient (Wildman–Crippen LogP) is 0.899. The fourth-order valence-electron chi connectivity index (χ4n) is 2.36. The van der Waals surface area contributed by atoms with E-state index in [0.29, 0.717) is 12.0 Å².